The summed E-state index contributed by atoms with van der Waals surface area (Å²) < 4.78 is 0. The number of aryl methyl sites for hydroxylation is 1. The number of carbonyl (C=O) groups excluding carboxylic acids is 1. The average molecular weight is 452 g/mol. The summed E-state index contributed by atoms with van der Waals surface area (Å²) in [6.07, 6.45) is 3.74. The summed E-state index contributed by atoms with van der Waals surface area (Å²) in [6, 6.07) is 21.4. The lowest BCUT2D eigenvalue weighted by molar-refractivity contribution is -0.129. The Morgan fingerprint density at radius 2 is 1.74 bits per heavy atom. The number of piperazine rings is 1. The molecule has 1 N–H and O–H groups in total. The Labute approximate surface area is 200 Å². The molecule has 6 nitrogen and oxygen atoms in total. The summed E-state index contributed by atoms with van der Waals surface area (Å²) in [5.74, 6) is 1.91. The smallest absolute Gasteiger partial charge is 0.219 e. The van der Waals surface area contributed by atoms with Crippen molar-refractivity contribution in [2.45, 2.75) is 20.4 Å². The standard InChI is InChI=1S/C28H29N5O/c1-20-4-3-5-24(16-20)23-8-6-22(7-9-23)18-31-28-26-19-30-27(17-25(26)10-11-29-28)33-14-12-32(13-15-33)21(2)34/h3-11,16-17,19H,12-15,18H2,1-2H3,(H,29,31). The van der Waals surface area contributed by atoms with E-state index in [9.17, 15) is 4.79 Å². The number of fused-ring (bicyclic) bond motifs is 1. The molecule has 0 atom stereocenters. The SMILES string of the molecule is CC(=O)N1CCN(c2cc3ccnc(NCc4ccc(-c5cccc(C)c5)cc4)c3cn2)CC1. The van der Waals surface area contributed by atoms with E-state index in [1.807, 2.05) is 23.4 Å². The molecule has 0 radical (unpaired) electrons. The van der Waals surface area contributed by atoms with Crippen LogP contribution >= 0.6 is 0 Å². The third kappa shape index (κ3) is 4.71. The van der Waals surface area contributed by atoms with Gasteiger partial charge in [-0.3, -0.25) is 4.79 Å². The van der Waals surface area contributed by atoms with Gasteiger partial charge in [-0.2, -0.15) is 0 Å². The van der Waals surface area contributed by atoms with E-state index in [1.54, 1.807) is 6.92 Å². The number of benzene rings is 2. The van der Waals surface area contributed by atoms with Gasteiger partial charge in [0.15, 0.2) is 0 Å². The molecular weight excluding hydrogens is 422 g/mol. The fraction of sp³-hybridized carbons (Fsp3) is 0.250. The third-order valence-electron chi connectivity index (χ3n) is 6.45. The molecule has 1 aliphatic heterocycles. The van der Waals surface area contributed by atoms with Gasteiger partial charge >= 0.3 is 0 Å². The molecule has 172 valence electrons. The molecule has 6 heteroatoms. The van der Waals surface area contributed by atoms with Crippen molar-refractivity contribution in [3.63, 3.8) is 0 Å². The van der Waals surface area contributed by atoms with Crippen LogP contribution in [0.25, 0.3) is 21.9 Å². The van der Waals surface area contributed by atoms with Gasteiger partial charge in [-0.05, 0) is 41.1 Å². The zero-order valence-corrected chi connectivity index (χ0v) is 19.7. The second-order valence-corrected chi connectivity index (χ2v) is 8.84. The van der Waals surface area contributed by atoms with Gasteiger partial charge in [0.05, 0.1) is 0 Å². The maximum atomic E-state index is 11.6. The first-order valence-corrected chi connectivity index (χ1v) is 11.7. The lowest BCUT2D eigenvalue weighted by Gasteiger charge is -2.35. The van der Waals surface area contributed by atoms with Crippen LogP contribution in [0.2, 0.25) is 0 Å². The van der Waals surface area contributed by atoms with Gasteiger partial charge in [-0.25, -0.2) is 9.97 Å². The molecule has 0 unspecified atom stereocenters. The first-order valence-electron chi connectivity index (χ1n) is 11.7. The van der Waals surface area contributed by atoms with E-state index < -0.39 is 0 Å². The quantitative estimate of drug-likeness (QED) is 0.468. The second-order valence-electron chi connectivity index (χ2n) is 8.84. The monoisotopic (exact) mass is 451 g/mol. The van der Waals surface area contributed by atoms with Crippen molar-refractivity contribution in [3.05, 3.63) is 84.2 Å². The zero-order valence-electron chi connectivity index (χ0n) is 19.7. The summed E-state index contributed by atoms with van der Waals surface area (Å²) in [5.41, 5.74) is 4.92. The van der Waals surface area contributed by atoms with E-state index in [2.05, 4.69) is 76.7 Å². The maximum Gasteiger partial charge on any atom is 0.219 e. The lowest BCUT2D eigenvalue weighted by Crippen LogP contribution is -2.48. The molecular formula is C28H29N5O. The van der Waals surface area contributed by atoms with Gasteiger partial charge in [-0.1, -0.05) is 54.1 Å². The molecule has 1 aliphatic rings. The molecule has 34 heavy (non-hydrogen) atoms. The number of nitrogens with zero attached hydrogens (tertiary/aromatic N) is 4. The fourth-order valence-corrected chi connectivity index (χ4v) is 4.45. The minimum absolute atomic E-state index is 0.137. The predicted octanol–water partition coefficient (Wildman–Crippen LogP) is 4.89. The van der Waals surface area contributed by atoms with E-state index in [0.717, 1.165) is 48.6 Å². The highest BCUT2D eigenvalue weighted by atomic mass is 16.2. The van der Waals surface area contributed by atoms with Crippen molar-refractivity contribution in [2.24, 2.45) is 0 Å². The maximum absolute atomic E-state index is 11.6. The number of nitrogens with one attached hydrogen (secondary N) is 1. The number of carbonyl (C=O) groups is 1. The van der Waals surface area contributed by atoms with Crippen LogP contribution in [0.1, 0.15) is 18.1 Å². The number of aromatic nitrogens is 2. The molecule has 1 saturated heterocycles. The van der Waals surface area contributed by atoms with Crippen LogP contribution in [0, 0.1) is 6.92 Å². The zero-order chi connectivity index (χ0) is 23.5. The molecule has 1 amide bonds. The van der Waals surface area contributed by atoms with Crippen molar-refractivity contribution in [2.75, 3.05) is 36.4 Å². The Morgan fingerprint density at radius 3 is 2.47 bits per heavy atom. The number of hydrogen-bond acceptors (Lipinski definition) is 5. The first-order chi connectivity index (χ1) is 16.6. The van der Waals surface area contributed by atoms with E-state index in [-0.39, 0.29) is 5.91 Å². The van der Waals surface area contributed by atoms with Gasteiger partial charge in [0.1, 0.15) is 11.6 Å². The Balaban J connectivity index is 1.27. The molecule has 5 rings (SSSR count). The van der Waals surface area contributed by atoms with Crippen molar-refractivity contribution in [3.8, 4) is 11.1 Å². The third-order valence-corrected chi connectivity index (χ3v) is 6.45. The Hall–Kier alpha value is -3.93. The first kappa shape index (κ1) is 21.9. The number of hydrogen-bond donors (Lipinski definition) is 1. The van der Waals surface area contributed by atoms with Gasteiger partial charge in [0.2, 0.25) is 5.91 Å². The molecule has 0 saturated carbocycles. The minimum atomic E-state index is 0.137. The van der Waals surface area contributed by atoms with Gasteiger partial charge in [0.25, 0.3) is 0 Å². The van der Waals surface area contributed by atoms with Crippen LogP contribution in [0.3, 0.4) is 0 Å². The molecule has 3 heterocycles. The van der Waals surface area contributed by atoms with Crippen LogP contribution in [0.5, 0.6) is 0 Å². The normalized spacial score (nSPS) is 13.8. The Morgan fingerprint density at radius 1 is 0.941 bits per heavy atom. The highest BCUT2D eigenvalue weighted by Gasteiger charge is 2.20. The van der Waals surface area contributed by atoms with Gasteiger partial charge < -0.3 is 15.1 Å². The average Bonchev–Trinajstić information content (AvgIpc) is 2.87. The summed E-state index contributed by atoms with van der Waals surface area (Å²) >= 11 is 0. The van der Waals surface area contributed by atoms with Crippen molar-refractivity contribution >= 4 is 28.3 Å². The van der Waals surface area contributed by atoms with E-state index in [0.29, 0.717) is 6.54 Å². The molecule has 0 aliphatic carbocycles. The Bertz CT molecular complexity index is 1310. The second kappa shape index (κ2) is 9.51. The number of pyridine rings is 2. The van der Waals surface area contributed by atoms with Gasteiger partial charge in [-0.15, -0.1) is 0 Å². The number of anilines is 2. The lowest BCUT2D eigenvalue weighted by atomic mass is 10.0. The highest BCUT2D eigenvalue weighted by Crippen LogP contribution is 2.26. The van der Waals surface area contributed by atoms with E-state index in [4.69, 9.17) is 4.98 Å². The van der Waals surface area contributed by atoms with Crippen LogP contribution in [0.4, 0.5) is 11.6 Å². The molecule has 2 aromatic heterocycles. The van der Waals surface area contributed by atoms with Crippen molar-refractivity contribution in [1.29, 1.82) is 0 Å². The van der Waals surface area contributed by atoms with E-state index in [1.165, 1.54) is 22.3 Å². The van der Waals surface area contributed by atoms with Crippen LogP contribution in [-0.4, -0.2) is 47.0 Å². The summed E-state index contributed by atoms with van der Waals surface area (Å²) in [7, 11) is 0. The molecule has 4 aromatic rings. The summed E-state index contributed by atoms with van der Waals surface area (Å²) in [6.45, 7) is 7.51. The van der Waals surface area contributed by atoms with Gasteiger partial charge in [0, 0.05) is 57.4 Å². The summed E-state index contributed by atoms with van der Waals surface area (Å²) in [5, 5.41) is 5.59. The van der Waals surface area contributed by atoms with Crippen LogP contribution in [-0.2, 0) is 11.3 Å². The topological polar surface area (TPSA) is 61.4 Å². The van der Waals surface area contributed by atoms with Crippen LogP contribution in [0.15, 0.2) is 73.1 Å². The highest BCUT2D eigenvalue weighted by molar-refractivity contribution is 5.92. The largest absolute Gasteiger partial charge is 0.365 e. The van der Waals surface area contributed by atoms with E-state index >= 15 is 0 Å². The van der Waals surface area contributed by atoms with Crippen molar-refractivity contribution in [1.82, 2.24) is 14.9 Å². The van der Waals surface area contributed by atoms with Crippen LogP contribution < -0.4 is 10.2 Å². The molecule has 0 spiro atoms. The number of rotatable bonds is 5. The molecule has 1 fully saturated rings. The van der Waals surface area contributed by atoms with Crippen molar-refractivity contribution < 1.29 is 4.79 Å². The molecule has 0 bridgehead atoms. The minimum Gasteiger partial charge on any atom is -0.365 e. The summed E-state index contributed by atoms with van der Waals surface area (Å²) in [4.78, 5) is 25.0. The predicted molar refractivity (Wildman–Crippen MR) is 138 cm³/mol. The fourth-order valence-electron chi connectivity index (χ4n) is 4.45. The number of amides is 1. The Kier molecular flexibility index (Phi) is 6.12. The molecule has 2 aromatic carbocycles.